The van der Waals surface area contributed by atoms with Crippen LogP contribution in [0.2, 0.25) is 19.6 Å². The molecule has 0 radical (unpaired) electrons. The van der Waals surface area contributed by atoms with E-state index in [1.165, 1.54) is 22.9 Å². The van der Waals surface area contributed by atoms with Crippen LogP contribution in [0.3, 0.4) is 0 Å². The molecule has 1 aromatic rings. The Morgan fingerprint density at radius 1 is 1.20 bits per heavy atom. The summed E-state index contributed by atoms with van der Waals surface area (Å²) in [6.45, 7) is 7.25. The Morgan fingerprint density at radius 2 is 1.87 bits per heavy atom. The van der Waals surface area contributed by atoms with Crippen LogP contribution >= 0.6 is 15.9 Å². The van der Waals surface area contributed by atoms with E-state index in [0.29, 0.717) is 0 Å². The van der Waals surface area contributed by atoms with E-state index in [-0.39, 0.29) is 0 Å². The number of hydrogen-bond donors (Lipinski definition) is 0. The second-order valence-corrected chi connectivity index (χ2v) is 11.2. The minimum Gasteiger partial charge on any atom is -0.0804 e. The molecule has 0 nitrogen and oxygen atoms in total. The van der Waals surface area contributed by atoms with Crippen molar-refractivity contribution in [2.75, 3.05) is 0 Å². The second kappa shape index (κ2) is 3.91. The largest absolute Gasteiger partial charge is 0.0804 e. The summed E-state index contributed by atoms with van der Waals surface area (Å²) in [6.07, 6.45) is 4.88. The van der Waals surface area contributed by atoms with E-state index in [0.717, 1.165) is 0 Å². The summed E-state index contributed by atoms with van der Waals surface area (Å²) in [5.74, 6) is 0. The number of rotatable bonds is 2. The molecule has 0 unspecified atom stereocenters. The van der Waals surface area contributed by atoms with Crippen LogP contribution in [0.25, 0.3) is 5.57 Å². The molecular formula is C13H17BrSi. The lowest BCUT2D eigenvalue weighted by atomic mass is 9.92. The van der Waals surface area contributed by atoms with E-state index in [1.807, 2.05) is 0 Å². The summed E-state index contributed by atoms with van der Waals surface area (Å²) >= 11 is 3.57. The Bertz CT molecular complexity index is 413. The Kier molecular flexibility index (Phi) is 2.91. The van der Waals surface area contributed by atoms with Gasteiger partial charge in [0.05, 0.1) is 8.07 Å². The summed E-state index contributed by atoms with van der Waals surface area (Å²) < 4.78 is 1.20. The molecule has 0 saturated carbocycles. The molecule has 0 bridgehead atoms. The number of halogens is 1. The van der Waals surface area contributed by atoms with Crippen molar-refractivity contribution >= 4 is 34.8 Å². The SMILES string of the molecule is C[Si](C)(C)c1ccc(Br)cc1C1=CCC1. The zero-order valence-corrected chi connectivity index (χ0v) is 12.2. The normalized spacial score (nSPS) is 15.9. The summed E-state index contributed by atoms with van der Waals surface area (Å²) in [7, 11) is -1.21. The molecular weight excluding hydrogens is 264 g/mol. The van der Waals surface area contributed by atoms with E-state index < -0.39 is 8.07 Å². The Balaban J connectivity index is 2.54. The highest BCUT2D eigenvalue weighted by atomic mass is 79.9. The van der Waals surface area contributed by atoms with Gasteiger partial charge in [-0.15, -0.1) is 0 Å². The standard InChI is InChI=1S/C13H17BrSi/c1-15(2,3)13-8-7-11(14)9-12(13)10-5-4-6-10/h5,7-9H,4,6H2,1-3H3. The molecule has 0 aromatic heterocycles. The fourth-order valence-electron chi connectivity index (χ4n) is 1.97. The molecule has 0 fully saturated rings. The molecule has 15 heavy (non-hydrogen) atoms. The predicted octanol–water partition coefficient (Wildman–Crippen LogP) is 4.17. The Labute approximate surface area is 102 Å². The van der Waals surface area contributed by atoms with Gasteiger partial charge in [0.15, 0.2) is 0 Å². The molecule has 80 valence electrons. The lowest BCUT2D eigenvalue weighted by Crippen LogP contribution is -2.40. The number of allylic oxidation sites excluding steroid dienone is 2. The zero-order chi connectivity index (χ0) is 11.1. The van der Waals surface area contributed by atoms with Crippen molar-refractivity contribution in [3.05, 3.63) is 34.3 Å². The lowest BCUT2D eigenvalue weighted by molar-refractivity contribution is 0.989. The predicted molar refractivity (Wildman–Crippen MR) is 74.3 cm³/mol. The van der Waals surface area contributed by atoms with Gasteiger partial charge in [0, 0.05) is 4.47 Å². The number of benzene rings is 1. The van der Waals surface area contributed by atoms with Gasteiger partial charge < -0.3 is 0 Å². The van der Waals surface area contributed by atoms with Crippen LogP contribution in [-0.2, 0) is 0 Å². The fraction of sp³-hybridized carbons (Fsp3) is 0.385. The van der Waals surface area contributed by atoms with Crippen LogP contribution in [0.4, 0.5) is 0 Å². The van der Waals surface area contributed by atoms with Gasteiger partial charge in [-0.05, 0) is 36.1 Å². The van der Waals surface area contributed by atoms with Crippen molar-refractivity contribution in [3.63, 3.8) is 0 Å². The average Bonchev–Trinajstić information content (AvgIpc) is 1.98. The molecule has 1 aliphatic carbocycles. The molecule has 0 aliphatic heterocycles. The summed E-state index contributed by atoms with van der Waals surface area (Å²) in [5, 5.41) is 1.59. The third-order valence-corrected chi connectivity index (χ3v) is 5.49. The molecule has 0 spiro atoms. The van der Waals surface area contributed by atoms with Crippen LogP contribution in [-0.4, -0.2) is 8.07 Å². The fourth-order valence-corrected chi connectivity index (χ4v) is 3.95. The van der Waals surface area contributed by atoms with Crippen molar-refractivity contribution in [3.8, 4) is 0 Å². The van der Waals surface area contributed by atoms with Crippen LogP contribution in [0, 0.1) is 0 Å². The molecule has 2 heteroatoms. The third-order valence-electron chi connectivity index (χ3n) is 2.94. The van der Waals surface area contributed by atoms with E-state index in [4.69, 9.17) is 0 Å². The first kappa shape index (κ1) is 11.2. The van der Waals surface area contributed by atoms with E-state index >= 15 is 0 Å². The molecule has 1 aliphatic rings. The topological polar surface area (TPSA) is 0 Å². The maximum absolute atomic E-state index is 3.57. The monoisotopic (exact) mass is 280 g/mol. The van der Waals surface area contributed by atoms with Crippen molar-refractivity contribution in [1.82, 2.24) is 0 Å². The van der Waals surface area contributed by atoms with Crippen LogP contribution in [0.5, 0.6) is 0 Å². The summed E-state index contributed by atoms with van der Waals surface area (Å²) in [5.41, 5.74) is 3.04. The van der Waals surface area contributed by atoms with Gasteiger partial charge in [-0.25, -0.2) is 0 Å². The van der Waals surface area contributed by atoms with Gasteiger partial charge in [-0.3, -0.25) is 0 Å². The first-order valence-corrected chi connectivity index (χ1v) is 9.77. The van der Waals surface area contributed by atoms with Crippen molar-refractivity contribution in [1.29, 1.82) is 0 Å². The minimum absolute atomic E-state index is 1.20. The minimum atomic E-state index is -1.21. The Hall–Kier alpha value is -0.343. The smallest absolute Gasteiger partial charge is 0.0783 e. The molecule has 0 heterocycles. The maximum atomic E-state index is 3.57. The van der Waals surface area contributed by atoms with Crippen molar-refractivity contribution in [2.24, 2.45) is 0 Å². The first-order valence-electron chi connectivity index (χ1n) is 5.48. The molecule has 1 aromatic carbocycles. The number of hydrogen-bond acceptors (Lipinski definition) is 0. The zero-order valence-electron chi connectivity index (χ0n) is 9.60. The quantitative estimate of drug-likeness (QED) is 0.714. The average molecular weight is 281 g/mol. The highest BCUT2D eigenvalue weighted by Gasteiger charge is 2.23. The first-order chi connectivity index (χ1) is 6.98. The van der Waals surface area contributed by atoms with Crippen molar-refractivity contribution in [2.45, 2.75) is 32.5 Å². The lowest BCUT2D eigenvalue weighted by Gasteiger charge is -2.25. The van der Waals surface area contributed by atoms with Gasteiger partial charge in [-0.1, -0.05) is 52.9 Å². The maximum Gasteiger partial charge on any atom is 0.0783 e. The third kappa shape index (κ3) is 2.26. The molecule has 0 N–H and O–H groups in total. The molecule has 0 saturated heterocycles. The highest BCUT2D eigenvalue weighted by molar-refractivity contribution is 9.10. The second-order valence-electron chi connectivity index (χ2n) is 5.21. The highest BCUT2D eigenvalue weighted by Crippen LogP contribution is 2.30. The van der Waals surface area contributed by atoms with Gasteiger partial charge in [0.2, 0.25) is 0 Å². The van der Waals surface area contributed by atoms with Crippen LogP contribution in [0.15, 0.2) is 28.7 Å². The van der Waals surface area contributed by atoms with E-state index in [1.54, 1.807) is 10.8 Å². The summed E-state index contributed by atoms with van der Waals surface area (Å²) in [6, 6.07) is 6.78. The molecule has 0 amide bonds. The molecule has 0 atom stereocenters. The van der Waals surface area contributed by atoms with Gasteiger partial charge in [0.1, 0.15) is 0 Å². The Morgan fingerprint density at radius 3 is 2.33 bits per heavy atom. The van der Waals surface area contributed by atoms with E-state index in [2.05, 4.69) is 59.8 Å². The van der Waals surface area contributed by atoms with Gasteiger partial charge in [-0.2, -0.15) is 0 Å². The van der Waals surface area contributed by atoms with Crippen LogP contribution < -0.4 is 5.19 Å². The summed E-state index contributed by atoms with van der Waals surface area (Å²) in [4.78, 5) is 0. The van der Waals surface area contributed by atoms with Gasteiger partial charge in [0.25, 0.3) is 0 Å². The van der Waals surface area contributed by atoms with Crippen molar-refractivity contribution < 1.29 is 0 Å². The molecule has 2 rings (SSSR count). The van der Waals surface area contributed by atoms with Crippen LogP contribution in [0.1, 0.15) is 18.4 Å². The van der Waals surface area contributed by atoms with Gasteiger partial charge >= 0.3 is 0 Å². The van der Waals surface area contributed by atoms with E-state index in [9.17, 15) is 0 Å².